The predicted octanol–water partition coefficient (Wildman–Crippen LogP) is 3.93. The van der Waals surface area contributed by atoms with Gasteiger partial charge in [-0.1, -0.05) is 11.6 Å². The molecule has 0 radical (unpaired) electrons. The van der Waals surface area contributed by atoms with Gasteiger partial charge in [0.05, 0.1) is 40.7 Å². The van der Waals surface area contributed by atoms with Crippen molar-refractivity contribution in [2.75, 3.05) is 33.3 Å². The lowest BCUT2D eigenvalue weighted by atomic mass is 10.1. The number of rotatable bonds is 8. The third-order valence-electron chi connectivity index (χ3n) is 4.22. The van der Waals surface area contributed by atoms with Gasteiger partial charge in [-0.2, -0.15) is 0 Å². The van der Waals surface area contributed by atoms with E-state index in [1.54, 1.807) is 41.3 Å². The Morgan fingerprint density at radius 2 is 1.52 bits per heavy atom. The molecule has 0 aliphatic heterocycles. The molecular formula is C22H27NO6. The molecule has 2 rings (SSSR count). The van der Waals surface area contributed by atoms with Crippen molar-refractivity contribution in [2.24, 2.45) is 0 Å². The second kappa shape index (κ2) is 9.73. The number of anilines is 1. The lowest BCUT2D eigenvalue weighted by molar-refractivity contribution is -0.114. The summed E-state index contributed by atoms with van der Waals surface area (Å²) in [7, 11) is 6.04. The minimum atomic E-state index is -0.213. The molecule has 0 aromatic heterocycles. The van der Waals surface area contributed by atoms with Gasteiger partial charge in [-0.3, -0.25) is 4.79 Å². The van der Waals surface area contributed by atoms with Crippen molar-refractivity contribution in [3.63, 3.8) is 0 Å². The number of ether oxygens (including phenoxy) is 4. The summed E-state index contributed by atoms with van der Waals surface area (Å²) in [5.74, 6) is 1.47. The van der Waals surface area contributed by atoms with Gasteiger partial charge in [0.2, 0.25) is 5.75 Å². The zero-order valence-corrected chi connectivity index (χ0v) is 17.6. The average Bonchev–Trinajstić information content (AvgIpc) is 2.70. The van der Waals surface area contributed by atoms with Crippen LogP contribution in [0.5, 0.6) is 28.7 Å². The van der Waals surface area contributed by atoms with Gasteiger partial charge >= 0.3 is 0 Å². The molecule has 0 fully saturated rings. The molecule has 7 heteroatoms. The number of methoxy groups -OCH3 is 4. The van der Waals surface area contributed by atoms with Crippen molar-refractivity contribution < 1.29 is 28.8 Å². The number of hydrogen-bond acceptors (Lipinski definition) is 6. The molecule has 156 valence electrons. The Bertz CT molecular complexity index is 877. The highest BCUT2D eigenvalue weighted by Gasteiger charge is 2.21. The number of phenols is 1. The SMILES string of the molecule is COc1ccc(CN(C(=O)C=C(C)C)c2cc(OC)c(OC)c(OC)c2)cc1O. The van der Waals surface area contributed by atoms with Crippen LogP contribution in [0.15, 0.2) is 42.0 Å². The molecule has 0 unspecified atom stereocenters. The normalized spacial score (nSPS) is 10.1. The standard InChI is InChI=1S/C22H27NO6/c1-14(2)9-21(25)23(13-15-7-8-18(26-3)17(24)10-15)16-11-19(27-4)22(29-6)20(12-16)28-5/h7-12,24H,13H2,1-6H3. The van der Waals surface area contributed by atoms with Crippen molar-refractivity contribution in [1.29, 1.82) is 0 Å². The van der Waals surface area contributed by atoms with Gasteiger partial charge in [-0.05, 0) is 31.5 Å². The summed E-state index contributed by atoms with van der Waals surface area (Å²) in [5.41, 5.74) is 2.16. The summed E-state index contributed by atoms with van der Waals surface area (Å²) in [6.07, 6.45) is 1.55. The number of nitrogens with zero attached hydrogens (tertiary/aromatic N) is 1. The topological polar surface area (TPSA) is 77.5 Å². The summed E-state index contributed by atoms with van der Waals surface area (Å²) in [6.45, 7) is 3.92. The number of phenolic OH excluding ortho intramolecular Hbond substituents is 1. The molecule has 7 nitrogen and oxygen atoms in total. The van der Waals surface area contributed by atoms with E-state index in [1.807, 2.05) is 13.8 Å². The fourth-order valence-corrected chi connectivity index (χ4v) is 2.86. The zero-order chi connectivity index (χ0) is 21.6. The Labute approximate surface area is 171 Å². The fourth-order valence-electron chi connectivity index (χ4n) is 2.86. The van der Waals surface area contributed by atoms with E-state index >= 15 is 0 Å². The largest absolute Gasteiger partial charge is 0.504 e. The van der Waals surface area contributed by atoms with Gasteiger partial charge in [-0.15, -0.1) is 0 Å². The number of hydrogen-bond donors (Lipinski definition) is 1. The molecule has 0 saturated carbocycles. The number of amides is 1. The van der Waals surface area contributed by atoms with Crippen LogP contribution < -0.4 is 23.8 Å². The lowest BCUT2D eigenvalue weighted by Gasteiger charge is -2.24. The summed E-state index contributed by atoms with van der Waals surface area (Å²) in [5, 5.41) is 10.1. The van der Waals surface area contributed by atoms with E-state index in [1.165, 1.54) is 28.4 Å². The molecule has 1 N–H and O–H groups in total. The first-order valence-corrected chi connectivity index (χ1v) is 8.96. The van der Waals surface area contributed by atoms with Crippen LogP contribution in [0, 0.1) is 0 Å². The van der Waals surface area contributed by atoms with Crippen LogP contribution in [0.1, 0.15) is 19.4 Å². The highest BCUT2D eigenvalue weighted by molar-refractivity contribution is 6.02. The second-order valence-corrected chi connectivity index (χ2v) is 6.54. The minimum absolute atomic E-state index is 0.00417. The Morgan fingerprint density at radius 1 is 0.931 bits per heavy atom. The minimum Gasteiger partial charge on any atom is -0.504 e. The number of allylic oxidation sites excluding steroid dienone is 1. The van der Waals surface area contributed by atoms with E-state index in [2.05, 4.69) is 0 Å². The number of carbonyl (C=O) groups is 1. The molecule has 0 saturated heterocycles. The van der Waals surface area contributed by atoms with Crippen LogP contribution in [0.2, 0.25) is 0 Å². The highest BCUT2D eigenvalue weighted by Crippen LogP contribution is 2.41. The summed E-state index contributed by atoms with van der Waals surface area (Å²) in [4.78, 5) is 14.5. The monoisotopic (exact) mass is 401 g/mol. The Hall–Kier alpha value is -3.35. The molecule has 0 aliphatic carbocycles. The van der Waals surface area contributed by atoms with E-state index < -0.39 is 0 Å². The first-order valence-electron chi connectivity index (χ1n) is 8.96. The van der Waals surface area contributed by atoms with Crippen LogP contribution in [0.4, 0.5) is 5.69 Å². The van der Waals surface area contributed by atoms with E-state index in [4.69, 9.17) is 18.9 Å². The van der Waals surface area contributed by atoms with Gasteiger partial charge in [0.15, 0.2) is 23.0 Å². The molecule has 2 aromatic rings. The van der Waals surface area contributed by atoms with Gasteiger partial charge in [0, 0.05) is 18.2 Å². The maximum atomic E-state index is 13.0. The molecular weight excluding hydrogens is 374 g/mol. The average molecular weight is 401 g/mol. The first kappa shape index (κ1) is 21.9. The van der Waals surface area contributed by atoms with Gasteiger partial charge in [-0.25, -0.2) is 0 Å². The quantitative estimate of drug-likeness (QED) is 0.676. The van der Waals surface area contributed by atoms with Crippen molar-refractivity contribution in [3.05, 3.63) is 47.5 Å². The Balaban J connectivity index is 2.55. The molecule has 2 aromatic carbocycles. The number of benzene rings is 2. The zero-order valence-electron chi connectivity index (χ0n) is 17.6. The van der Waals surface area contributed by atoms with Gasteiger partial charge in [0.1, 0.15) is 0 Å². The molecule has 0 bridgehead atoms. The van der Waals surface area contributed by atoms with Crippen LogP contribution in [-0.4, -0.2) is 39.5 Å². The van der Waals surface area contributed by atoms with Crippen LogP contribution in [0.25, 0.3) is 0 Å². The maximum absolute atomic E-state index is 13.0. The Morgan fingerprint density at radius 3 is 1.97 bits per heavy atom. The van der Waals surface area contributed by atoms with E-state index in [9.17, 15) is 9.90 Å². The molecule has 29 heavy (non-hydrogen) atoms. The molecule has 0 heterocycles. The smallest absolute Gasteiger partial charge is 0.251 e. The molecule has 0 atom stereocenters. The van der Waals surface area contributed by atoms with Crippen molar-refractivity contribution in [2.45, 2.75) is 20.4 Å². The maximum Gasteiger partial charge on any atom is 0.251 e. The summed E-state index contributed by atoms with van der Waals surface area (Å²) >= 11 is 0. The predicted molar refractivity (Wildman–Crippen MR) is 111 cm³/mol. The van der Waals surface area contributed by atoms with Gasteiger partial charge < -0.3 is 29.0 Å². The molecule has 0 spiro atoms. The fraction of sp³-hybridized carbons (Fsp3) is 0.318. The third kappa shape index (κ3) is 5.13. The van der Waals surface area contributed by atoms with Gasteiger partial charge in [0.25, 0.3) is 5.91 Å². The highest BCUT2D eigenvalue weighted by atomic mass is 16.5. The van der Waals surface area contributed by atoms with Crippen LogP contribution >= 0.6 is 0 Å². The van der Waals surface area contributed by atoms with Crippen LogP contribution in [-0.2, 0) is 11.3 Å². The Kier molecular flexibility index (Phi) is 7.36. The van der Waals surface area contributed by atoms with Crippen molar-refractivity contribution >= 4 is 11.6 Å². The third-order valence-corrected chi connectivity index (χ3v) is 4.22. The lowest BCUT2D eigenvalue weighted by Crippen LogP contribution is -2.29. The number of aromatic hydroxyl groups is 1. The van der Waals surface area contributed by atoms with Crippen molar-refractivity contribution in [3.8, 4) is 28.7 Å². The van der Waals surface area contributed by atoms with E-state index in [0.717, 1.165) is 11.1 Å². The van der Waals surface area contributed by atoms with E-state index in [-0.39, 0.29) is 18.2 Å². The number of carbonyl (C=O) groups excluding carboxylic acids is 1. The first-order chi connectivity index (χ1) is 13.8. The second-order valence-electron chi connectivity index (χ2n) is 6.54. The molecule has 1 amide bonds. The summed E-state index contributed by atoms with van der Waals surface area (Å²) in [6, 6.07) is 8.44. The van der Waals surface area contributed by atoms with Crippen LogP contribution in [0.3, 0.4) is 0 Å². The van der Waals surface area contributed by atoms with E-state index in [0.29, 0.717) is 28.7 Å². The molecule has 0 aliphatic rings. The summed E-state index contributed by atoms with van der Waals surface area (Å²) < 4.78 is 21.3. The van der Waals surface area contributed by atoms with Crippen molar-refractivity contribution in [1.82, 2.24) is 0 Å².